The first-order valence-electron chi connectivity index (χ1n) is 8.75. The third-order valence-electron chi connectivity index (χ3n) is 4.29. The van der Waals surface area contributed by atoms with Crippen LogP contribution in [0, 0.1) is 11.8 Å². The van der Waals surface area contributed by atoms with E-state index in [1.807, 2.05) is 0 Å². The number of aromatic nitrogens is 4. The van der Waals surface area contributed by atoms with Crippen LogP contribution in [0.2, 0.25) is 0 Å². The summed E-state index contributed by atoms with van der Waals surface area (Å²) in [6.45, 7) is 8.64. The second kappa shape index (κ2) is 7.70. The SMILES string of the molecule is CC(C)CN1CCCC(CNC(=O)Cc2nc3ncccn3n2)C1. The van der Waals surface area contributed by atoms with Gasteiger partial charge < -0.3 is 10.2 Å². The summed E-state index contributed by atoms with van der Waals surface area (Å²) in [5.41, 5.74) is 0. The third-order valence-corrected chi connectivity index (χ3v) is 4.29. The summed E-state index contributed by atoms with van der Waals surface area (Å²) >= 11 is 0. The van der Waals surface area contributed by atoms with Crippen molar-refractivity contribution in [3.63, 3.8) is 0 Å². The van der Waals surface area contributed by atoms with Crippen molar-refractivity contribution in [1.82, 2.24) is 29.8 Å². The Morgan fingerprint density at radius 2 is 2.33 bits per heavy atom. The highest BCUT2D eigenvalue weighted by Gasteiger charge is 2.21. The molecule has 3 rings (SSSR count). The lowest BCUT2D eigenvalue weighted by Gasteiger charge is -2.33. The average Bonchev–Trinajstić information content (AvgIpc) is 2.95. The summed E-state index contributed by atoms with van der Waals surface area (Å²) in [5, 5.41) is 7.31. The highest BCUT2D eigenvalue weighted by molar-refractivity contribution is 5.77. The maximum Gasteiger partial charge on any atom is 0.252 e. The highest BCUT2D eigenvalue weighted by Crippen LogP contribution is 2.16. The molecule has 1 aliphatic heterocycles. The standard InChI is InChI=1S/C17H26N6O/c1-13(2)11-22-7-3-5-14(12-22)10-19-16(24)9-15-20-17-18-6-4-8-23(17)21-15/h4,6,8,13-14H,3,5,7,9-12H2,1-2H3,(H,19,24). The van der Waals surface area contributed by atoms with Gasteiger partial charge in [0.1, 0.15) is 0 Å². The van der Waals surface area contributed by atoms with Crippen molar-refractivity contribution in [3.8, 4) is 0 Å². The molecule has 1 N–H and O–H groups in total. The van der Waals surface area contributed by atoms with Crippen LogP contribution in [0.4, 0.5) is 0 Å². The van der Waals surface area contributed by atoms with Crippen molar-refractivity contribution in [2.75, 3.05) is 26.2 Å². The number of carbonyl (C=O) groups is 1. The Hall–Kier alpha value is -2.02. The predicted octanol–water partition coefficient (Wildman–Crippen LogP) is 1.15. The third kappa shape index (κ3) is 4.50. The Morgan fingerprint density at radius 1 is 1.46 bits per heavy atom. The van der Waals surface area contributed by atoms with E-state index in [0.29, 0.717) is 23.4 Å². The van der Waals surface area contributed by atoms with Gasteiger partial charge in [0.25, 0.3) is 5.78 Å². The van der Waals surface area contributed by atoms with E-state index >= 15 is 0 Å². The van der Waals surface area contributed by atoms with Gasteiger partial charge in [-0.3, -0.25) is 4.79 Å². The first kappa shape index (κ1) is 16.8. The zero-order valence-electron chi connectivity index (χ0n) is 14.5. The smallest absolute Gasteiger partial charge is 0.252 e. The molecule has 1 atom stereocenters. The molecule has 3 heterocycles. The largest absolute Gasteiger partial charge is 0.355 e. The number of hydrogen-bond acceptors (Lipinski definition) is 5. The maximum absolute atomic E-state index is 12.2. The fourth-order valence-corrected chi connectivity index (χ4v) is 3.32. The Labute approximate surface area is 142 Å². The molecule has 24 heavy (non-hydrogen) atoms. The van der Waals surface area contributed by atoms with Crippen molar-refractivity contribution >= 4 is 11.7 Å². The fraction of sp³-hybridized carbons (Fsp3) is 0.647. The van der Waals surface area contributed by atoms with E-state index in [4.69, 9.17) is 0 Å². The molecular weight excluding hydrogens is 304 g/mol. The predicted molar refractivity (Wildman–Crippen MR) is 91.5 cm³/mol. The Morgan fingerprint density at radius 3 is 3.12 bits per heavy atom. The zero-order chi connectivity index (χ0) is 16.9. The lowest BCUT2D eigenvalue weighted by atomic mass is 9.97. The minimum absolute atomic E-state index is 0.0214. The topological polar surface area (TPSA) is 75.4 Å². The van der Waals surface area contributed by atoms with Gasteiger partial charge in [-0.25, -0.2) is 9.50 Å². The Kier molecular flexibility index (Phi) is 5.40. The van der Waals surface area contributed by atoms with Gasteiger partial charge in [-0.05, 0) is 37.3 Å². The number of rotatable bonds is 6. The molecule has 0 bridgehead atoms. The van der Waals surface area contributed by atoms with Crippen LogP contribution in [-0.2, 0) is 11.2 Å². The molecule has 0 aromatic carbocycles. The normalized spacial score (nSPS) is 19.0. The number of fused-ring (bicyclic) bond motifs is 1. The fourth-order valence-electron chi connectivity index (χ4n) is 3.32. The van der Waals surface area contributed by atoms with E-state index < -0.39 is 0 Å². The Balaban J connectivity index is 1.46. The molecule has 0 radical (unpaired) electrons. The maximum atomic E-state index is 12.2. The van der Waals surface area contributed by atoms with Gasteiger partial charge in [0.05, 0.1) is 6.42 Å². The number of hydrogen-bond donors (Lipinski definition) is 1. The molecule has 1 aliphatic rings. The molecule has 1 saturated heterocycles. The average molecular weight is 330 g/mol. The molecule has 0 aliphatic carbocycles. The van der Waals surface area contributed by atoms with Crippen molar-refractivity contribution in [1.29, 1.82) is 0 Å². The monoisotopic (exact) mass is 330 g/mol. The number of likely N-dealkylation sites (tertiary alicyclic amines) is 1. The molecule has 7 heteroatoms. The van der Waals surface area contributed by atoms with Gasteiger partial charge in [0, 0.05) is 32.0 Å². The van der Waals surface area contributed by atoms with E-state index in [0.717, 1.165) is 19.6 Å². The van der Waals surface area contributed by atoms with Crippen LogP contribution in [0.25, 0.3) is 5.78 Å². The van der Waals surface area contributed by atoms with Crippen LogP contribution >= 0.6 is 0 Å². The number of nitrogens with zero attached hydrogens (tertiary/aromatic N) is 5. The molecule has 1 amide bonds. The molecule has 130 valence electrons. The second-order valence-electron chi connectivity index (χ2n) is 7.03. The van der Waals surface area contributed by atoms with Gasteiger partial charge in [-0.1, -0.05) is 13.8 Å². The molecule has 1 fully saturated rings. The minimum atomic E-state index is -0.0214. The highest BCUT2D eigenvalue weighted by atomic mass is 16.1. The van der Waals surface area contributed by atoms with E-state index in [2.05, 4.69) is 39.1 Å². The van der Waals surface area contributed by atoms with Crippen LogP contribution in [0.1, 0.15) is 32.5 Å². The van der Waals surface area contributed by atoms with Gasteiger partial charge in [0.15, 0.2) is 5.82 Å². The molecule has 1 unspecified atom stereocenters. The van der Waals surface area contributed by atoms with Crippen LogP contribution in [0.3, 0.4) is 0 Å². The van der Waals surface area contributed by atoms with E-state index in [1.54, 1.807) is 23.0 Å². The number of nitrogens with one attached hydrogen (secondary N) is 1. The summed E-state index contributed by atoms with van der Waals surface area (Å²) in [7, 11) is 0. The second-order valence-corrected chi connectivity index (χ2v) is 7.03. The molecular formula is C17H26N6O. The summed E-state index contributed by atoms with van der Waals surface area (Å²) in [5.74, 6) is 2.24. The first-order valence-corrected chi connectivity index (χ1v) is 8.75. The molecule has 7 nitrogen and oxygen atoms in total. The summed E-state index contributed by atoms with van der Waals surface area (Å²) < 4.78 is 1.59. The van der Waals surface area contributed by atoms with E-state index in [-0.39, 0.29) is 12.3 Å². The first-order chi connectivity index (χ1) is 11.6. The van der Waals surface area contributed by atoms with Gasteiger partial charge >= 0.3 is 0 Å². The van der Waals surface area contributed by atoms with Gasteiger partial charge in [-0.2, -0.15) is 4.98 Å². The lowest BCUT2D eigenvalue weighted by molar-refractivity contribution is -0.120. The number of piperidine rings is 1. The Bertz CT molecular complexity index is 650. The quantitative estimate of drug-likeness (QED) is 0.860. The van der Waals surface area contributed by atoms with Crippen LogP contribution in [0.5, 0.6) is 0 Å². The number of carbonyl (C=O) groups excluding carboxylic acids is 1. The number of amides is 1. The van der Waals surface area contributed by atoms with Crippen LogP contribution < -0.4 is 5.32 Å². The van der Waals surface area contributed by atoms with Crippen molar-refractivity contribution < 1.29 is 4.79 Å². The summed E-state index contributed by atoms with van der Waals surface area (Å²) in [6.07, 6.45) is 6.05. The lowest BCUT2D eigenvalue weighted by Crippen LogP contribution is -2.42. The summed E-state index contributed by atoms with van der Waals surface area (Å²) in [4.78, 5) is 23.0. The van der Waals surface area contributed by atoms with Crippen molar-refractivity contribution in [2.45, 2.75) is 33.1 Å². The van der Waals surface area contributed by atoms with E-state index in [9.17, 15) is 4.79 Å². The van der Waals surface area contributed by atoms with Gasteiger partial charge in [0.2, 0.25) is 5.91 Å². The molecule has 0 saturated carbocycles. The molecule has 2 aromatic rings. The zero-order valence-corrected chi connectivity index (χ0v) is 14.5. The van der Waals surface area contributed by atoms with Crippen LogP contribution in [-0.4, -0.2) is 56.6 Å². The molecule has 2 aromatic heterocycles. The van der Waals surface area contributed by atoms with E-state index in [1.165, 1.54) is 19.4 Å². The minimum Gasteiger partial charge on any atom is -0.355 e. The van der Waals surface area contributed by atoms with Crippen molar-refractivity contribution in [3.05, 3.63) is 24.3 Å². The van der Waals surface area contributed by atoms with Crippen molar-refractivity contribution in [2.24, 2.45) is 11.8 Å². The summed E-state index contributed by atoms with van der Waals surface area (Å²) in [6, 6.07) is 1.79. The van der Waals surface area contributed by atoms with Gasteiger partial charge in [-0.15, -0.1) is 5.10 Å². The van der Waals surface area contributed by atoms with Crippen LogP contribution in [0.15, 0.2) is 18.5 Å². The molecule has 0 spiro atoms.